The summed E-state index contributed by atoms with van der Waals surface area (Å²) in [5.41, 5.74) is 2.62. The molecule has 3 nitrogen and oxygen atoms in total. The standard InChI is InChI=1S/C21H30N2O/c24-19(15-22-13-5-9-17-7-1-3-11-20(17)22)16-23-14-6-10-18-8-2-4-12-21(18)23/h1,3,5,9,11,13,18-19,21,24H,2,4,6-8,10,12,14-16H2. The summed E-state index contributed by atoms with van der Waals surface area (Å²) in [6, 6.07) is 0.728. The predicted octanol–water partition coefficient (Wildman–Crippen LogP) is 3.60. The largest absolute Gasteiger partial charge is 0.390 e. The molecular formula is C21H30N2O. The van der Waals surface area contributed by atoms with Crippen LogP contribution in [-0.4, -0.2) is 46.7 Å². The van der Waals surface area contributed by atoms with Crippen LogP contribution < -0.4 is 0 Å². The second kappa shape index (κ2) is 7.28. The zero-order valence-electron chi connectivity index (χ0n) is 14.6. The Morgan fingerprint density at radius 3 is 2.88 bits per heavy atom. The number of hydrogen-bond acceptors (Lipinski definition) is 3. The van der Waals surface area contributed by atoms with Crippen LogP contribution in [0.4, 0.5) is 0 Å². The van der Waals surface area contributed by atoms with Crippen molar-refractivity contribution >= 4 is 0 Å². The van der Waals surface area contributed by atoms with E-state index in [9.17, 15) is 5.11 Å². The number of fused-ring (bicyclic) bond motifs is 2. The number of aliphatic hydroxyl groups excluding tert-OH is 1. The van der Waals surface area contributed by atoms with E-state index in [0.717, 1.165) is 24.9 Å². The average Bonchev–Trinajstić information content (AvgIpc) is 2.62. The molecule has 3 unspecified atom stereocenters. The first-order chi connectivity index (χ1) is 11.8. The van der Waals surface area contributed by atoms with E-state index in [2.05, 4.69) is 46.4 Å². The molecule has 1 saturated carbocycles. The molecule has 0 bridgehead atoms. The molecule has 130 valence electrons. The summed E-state index contributed by atoms with van der Waals surface area (Å²) in [6.07, 6.45) is 21.8. The number of nitrogens with zero attached hydrogens (tertiary/aromatic N) is 2. The van der Waals surface area contributed by atoms with Gasteiger partial charge in [-0.05, 0) is 62.3 Å². The van der Waals surface area contributed by atoms with Gasteiger partial charge in [-0.3, -0.25) is 4.90 Å². The molecule has 24 heavy (non-hydrogen) atoms. The highest BCUT2D eigenvalue weighted by Crippen LogP contribution is 2.35. The third-order valence-corrected chi connectivity index (χ3v) is 6.14. The molecule has 2 heterocycles. The lowest BCUT2D eigenvalue weighted by Gasteiger charge is -2.45. The van der Waals surface area contributed by atoms with Crippen LogP contribution in [0.25, 0.3) is 0 Å². The van der Waals surface area contributed by atoms with E-state index < -0.39 is 0 Å². The maximum Gasteiger partial charge on any atom is 0.0845 e. The summed E-state index contributed by atoms with van der Waals surface area (Å²) >= 11 is 0. The lowest BCUT2D eigenvalue weighted by atomic mass is 9.78. The molecule has 0 aromatic carbocycles. The quantitative estimate of drug-likeness (QED) is 0.855. The molecule has 0 spiro atoms. The number of β-amino-alcohol motifs (C(OH)–C–C–N with tert-alkyl or cyclic N) is 1. The molecular weight excluding hydrogens is 296 g/mol. The Morgan fingerprint density at radius 1 is 1.04 bits per heavy atom. The first-order valence-corrected chi connectivity index (χ1v) is 9.74. The van der Waals surface area contributed by atoms with Crippen molar-refractivity contribution in [3.63, 3.8) is 0 Å². The Morgan fingerprint density at radius 2 is 1.92 bits per heavy atom. The van der Waals surface area contributed by atoms with E-state index in [-0.39, 0.29) is 6.10 Å². The zero-order chi connectivity index (χ0) is 16.4. The minimum atomic E-state index is -0.290. The topological polar surface area (TPSA) is 26.7 Å². The molecule has 4 rings (SSSR count). The number of rotatable bonds is 4. The summed E-state index contributed by atoms with van der Waals surface area (Å²) in [5, 5.41) is 10.8. The summed E-state index contributed by atoms with van der Waals surface area (Å²) < 4.78 is 0. The van der Waals surface area contributed by atoms with Crippen LogP contribution in [0.5, 0.6) is 0 Å². The first-order valence-electron chi connectivity index (χ1n) is 9.74. The van der Waals surface area contributed by atoms with Gasteiger partial charge in [-0.1, -0.05) is 31.1 Å². The van der Waals surface area contributed by atoms with Crippen LogP contribution in [0, 0.1) is 5.92 Å². The van der Waals surface area contributed by atoms with Gasteiger partial charge in [0.2, 0.25) is 0 Å². The Bertz CT molecular complexity index is 572. The highest BCUT2D eigenvalue weighted by Gasteiger charge is 2.34. The third kappa shape index (κ3) is 3.38. The van der Waals surface area contributed by atoms with Crippen molar-refractivity contribution in [1.82, 2.24) is 9.80 Å². The van der Waals surface area contributed by atoms with Crippen molar-refractivity contribution in [3.8, 4) is 0 Å². The van der Waals surface area contributed by atoms with Gasteiger partial charge in [0.1, 0.15) is 0 Å². The second-order valence-electron chi connectivity index (χ2n) is 7.77. The molecule has 0 aromatic rings. The Labute approximate surface area is 146 Å². The molecule has 0 amide bonds. The van der Waals surface area contributed by atoms with E-state index in [1.165, 1.54) is 56.3 Å². The molecule has 2 aliphatic carbocycles. The normalized spacial score (nSPS) is 31.1. The average molecular weight is 326 g/mol. The molecule has 3 atom stereocenters. The van der Waals surface area contributed by atoms with Crippen LogP contribution in [0.2, 0.25) is 0 Å². The van der Waals surface area contributed by atoms with Gasteiger partial charge in [-0.2, -0.15) is 0 Å². The van der Waals surface area contributed by atoms with Crippen molar-refractivity contribution < 1.29 is 5.11 Å². The smallest absolute Gasteiger partial charge is 0.0845 e. The van der Waals surface area contributed by atoms with Crippen molar-refractivity contribution in [3.05, 3.63) is 47.9 Å². The number of likely N-dealkylation sites (tertiary alicyclic amines) is 1. The van der Waals surface area contributed by atoms with Crippen molar-refractivity contribution in [1.29, 1.82) is 0 Å². The van der Waals surface area contributed by atoms with Crippen LogP contribution in [0.15, 0.2) is 47.9 Å². The first kappa shape index (κ1) is 16.2. The maximum absolute atomic E-state index is 10.8. The summed E-state index contributed by atoms with van der Waals surface area (Å²) in [6.45, 7) is 2.69. The van der Waals surface area contributed by atoms with Gasteiger partial charge < -0.3 is 10.0 Å². The summed E-state index contributed by atoms with van der Waals surface area (Å²) in [4.78, 5) is 4.82. The van der Waals surface area contributed by atoms with E-state index in [4.69, 9.17) is 0 Å². The van der Waals surface area contributed by atoms with E-state index in [1.54, 1.807) is 0 Å². The third-order valence-electron chi connectivity index (χ3n) is 6.14. The summed E-state index contributed by atoms with van der Waals surface area (Å²) in [7, 11) is 0. The maximum atomic E-state index is 10.8. The molecule has 1 N–H and O–H groups in total. The Kier molecular flexibility index (Phi) is 4.91. The van der Waals surface area contributed by atoms with Gasteiger partial charge in [0.25, 0.3) is 0 Å². The van der Waals surface area contributed by atoms with Crippen molar-refractivity contribution in [2.45, 2.75) is 57.1 Å². The van der Waals surface area contributed by atoms with Crippen molar-refractivity contribution in [2.75, 3.05) is 19.6 Å². The van der Waals surface area contributed by atoms with Crippen LogP contribution in [0.3, 0.4) is 0 Å². The van der Waals surface area contributed by atoms with Gasteiger partial charge >= 0.3 is 0 Å². The fourth-order valence-corrected chi connectivity index (χ4v) is 5.01. The number of allylic oxidation sites excluding steroid dienone is 6. The van der Waals surface area contributed by atoms with Gasteiger partial charge in [0.15, 0.2) is 0 Å². The molecule has 1 saturated heterocycles. The summed E-state index contributed by atoms with van der Waals surface area (Å²) in [5.74, 6) is 0.885. The monoisotopic (exact) mass is 326 g/mol. The van der Waals surface area contributed by atoms with Crippen molar-refractivity contribution in [2.24, 2.45) is 5.92 Å². The Balaban J connectivity index is 1.37. The molecule has 4 aliphatic rings. The molecule has 3 heteroatoms. The highest BCUT2D eigenvalue weighted by molar-refractivity contribution is 5.43. The molecule has 0 radical (unpaired) electrons. The number of hydrogen-bond donors (Lipinski definition) is 1. The number of piperidine rings is 1. The number of aliphatic hydroxyl groups is 1. The minimum absolute atomic E-state index is 0.290. The second-order valence-corrected chi connectivity index (χ2v) is 7.77. The van der Waals surface area contributed by atoms with Gasteiger partial charge in [0, 0.05) is 31.0 Å². The zero-order valence-corrected chi connectivity index (χ0v) is 14.6. The van der Waals surface area contributed by atoms with Crippen LogP contribution >= 0.6 is 0 Å². The van der Waals surface area contributed by atoms with Crippen LogP contribution in [0.1, 0.15) is 44.9 Å². The predicted molar refractivity (Wildman–Crippen MR) is 98.3 cm³/mol. The molecule has 2 fully saturated rings. The van der Waals surface area contributed by atoms with E-state index in [0.29, 0.717) is 6.54 Å². The van der Waals surface area contributed by atoms with E-state index >= 15 is 0 Å². The minimum Gasteiger partial charge on any atom is -0.390 e. The lowest BCUT2D eigenvalue weighted by molar-refractivity contribution is 0.0160. The Hall–Kier alpha value is -1.32. The van der Waals surface area contributed by atoms with Gasteiger partial charge in [0.05, 0.1) is 6.10 Å². The van der Waals surface area contributed by atoms with Gasteiger partial charge in [-0.15, -0.1) is 0 Å². The van der Waals surface area contributed by atoms with E-state index in [1.807, 2.05) is 0 Å². The lowest BCUT2D eigenvalue weighted by Crippen LogP contribution is -2.50. The SMILES string of the molecule is OC(CN1C=CC=C2CC=CC=C21)CN1CCCC2CCCCC21. The fourth-order valence-electron chi connectivity index (χ4n) is 5.01. The fraction of sp³-hybridized carbons (Fsp3) is 0.619. The molecule has 2 aliphatic heterocycles. The van der Waals surface area contributed by atoms with Gasteiger partial charge in [-0.25, -0.2) is 0 Å². The highest BCUT2D eigenvalue weighted by atomic mass is 16.3. The molecule has 0 aromatic heterocycles. The van der Waals surface area contributed by atoms with Crippen LogP contribution in [-0.2, 0) is 0 Å².